The Labute approximate surface area is 198 Å². The largest absolute Gasteiger partial charge is 0.461 e. The number of hydrogen-bond acceptors (Lipinski definition) is 3. The first kappa shape index (κ1) is 28.4. The number of hydrogen-bond donors (Lipinski definition) is 0. The monoisotopic (exact) mass is 443 g/mol. The third kappa shape index (κ3) is 13.1. The lowest BCUT2D eigenvalue weighted by Gasteiger charge is -2.35. The number of esters is 1. The summed E-state index contributed by atoms with van der Waals surface area (Å²) in [5, 5.41) is 0. The first-order valence-electron chi connectivity index (χ1n) is 12.9. The maximum Gasteiger partial charge on any atom is 0.333 e. The van der Waals surface area contributed by atoms with Crippen molar-refractivity contribution >= 4 is 5.97 Å². The fourth-order valence-corrected chi connectivity index (χ4v) is 3.87. The molecular weight excluding hydrogens is 394 g/mol. The Kier molecular flexibility index (Phi) is 14.3. The molecule has 3 heteroatoms. The average molecular weight is 444 g/mol. The van der Waals surface area contributed by atoms with Crippen molar-refractivity contribution in [3.63, 3.8) is 0 Å². The molecule has 0 aliphatic heterocycles. The van der Waals surface area contributed by atoms with Gasteiger partial charge in [-0.1, -0.05) is 95.6 Å². The summed E-state index contributed by atoms with van der Waals surface area (Å²) in [5.74, 6) is -0.310. The first-order chi connectivity index (χ1) is 15.2. The lowest BCUT2D eigenvalue weighted by atomic mass is 10.0. The molecule has 1 rings (SSSR count). The van der Waals surface area contributed by atoms with Crippen LogP contribution in [0.1, 0.15) is 110 Å². The van der Waals surface area contributed by atoms with Gasteiger partial charge in [-0.3, -0.25) is 4.90 Å². The van der Waals surface area contributed by atoms with Crippen LogP contribution >= 0.6 is 0 Å². The van der Waals surface area contributed by atoms with E-state index >= 15 is 0 Å². The molecule has 0 saturated carbocycles. The lowest BCUT2D eigenvalue weighted by Crippen LogP contribution is -2.42. The summed E-state index contributed by atoms with van der Waals surface area (Å²) < 4.78 is 5.31. The number of rotatable bonds is 17. The highest BCUT2D eigenvalue weighted by Gasteiger charge is 2.21. The van der Waals surface area contributed by atoms with Crippen LogP contribution in [0.2, 0.25) is 0 Å². The average Bonchev–Trinajstić information content (AvgIpc) is 2.74. The van der Waals surface area contributed by atoms with Gasteiger partial charge < -0.3 is 4.74 Å². The van der Waals surface area contributed by atoms with Crippen LogP contribution in [0.25, 0.3) is 0 Å². The molecule has 0 heterocycles. The van der Waals surface area contributed by atoms with Crippen LogP contribution in [0.5, 0.6) is 0 Å². The van der Waals surface area contributed by atoms with Crippen molar-refractivity contribution in [2.75, 3.05) is 13.2 Å². The molecule has 0 bridgehead atoms. The molecule has 182 valence electrons. The minimum absolute atomic E-state index is 0.00427. The normalized spacial score (nSPS) is 11.7. The zero-order chi connectivity index (χ0) is 23.8. The Morgan fingerprint density at radius 2 is 1.38 bits per heavy atom. The number of benzene rings is 1. The van der Waals surface area contributed by atoms with Gasteiger partial charge in [0.2, 0.25) is 0 Å². The van der Waals surface area contributed by atoms with Crippen molar-refractivity contribution in [2.45, 2.75) is 117 Å². The number of nitrogens with zero attached hydrogens (tertiary/aromatic N) is 1. The molecule has 0 radical (unpaired) electrons. The van der Waals surface area contributed by atoms with Crippen LogP contribution < -0.4 is 0 Å². The second kappa shape index (κ2) is 16.1. The van der Waals surface area contributed by atoms with Crippen molar-refractivity contribution < 1.29 is 9.53 Å². The van der Waals surface area contributed by atoms with Crippen molar-refractivity contribution in [1.29, 1.82) is 0 Å². The van der Waals surface area contributed by atoms with Crippen molar-refractivity contribution in [3.8, 4) is 0 Å². The van der Waals surface area contributed by atoms with E-state index in [0.29, 0.717) is 18.7 Å². The van der Waals surface area contributed by atoms with Gasteiger partial charge in [-0.2, -0.15) is 0 Å². The van der Waals surface area contributed by atoms with Gasteiger partial charge in [0.15, 0.2) is 0 Å². The third-order valence-electron chi connectivity index (χ3n) is 6.11. The molecule has 0 N–H and O–H groups in total. The topological polar surface area (TPSA) is 29.5 Å². The minimum atomic E-state index is -0.310. The Bertz CT molecular complexity index is 642. The molecular formula is C29H49NO2. The van der Waals surface area contributed by atoms with E-state index in [4.69, 9.17) is 4.74 Å². The predicted octanol–water partition coefficient (Wildman–Crippen LogP) is 7.87. The quantitative estimate of drug-likeness (QED) is 0.139. The Balaban J connectivity index is 2.31. The lowest BCUT2D eigenvalue weighted by molar-refractivity contribution is -0.139. The second-order valence-corrected chi connectivity index (χ2v) is 10.3. The fraction of sp³-hybridized carbons (Fsp3) is 0.690. The first-order valence-corrected chi connectivity index (χ1v) is 12.9. The Morgan fingerprint density at radius 3 is 1.88 bits per heavy atom. The van der Waals surface area contributed by atoms with Gasteiger partial charge in [0.1, 0.15) is 6.61 Å². The summed E-state index contributed by atoms with van der Waals surface area (Å²) in [4.78, 5) is 14.0. The van der Waals surface area contributed by atoms with Crippen LogP contribution in [-0.2, 0) is 22.5 Å². The smallest absolute Gasteiger partial charge is 0.333 e. The molecule has 32 heavy (non-hydrogen) atoms. The number of carbonyl (C=O) groups is 1. The van der Waals surface area contributed by atoms with Gasteiger partial charge >= 0.3 is 5.97 Å². The molecule has 0 amide bonds. The zero-order valence-electron chi connectivity index (χ0n) is 21.7. The molecule has 0 spiro atoms. The van der Waals surface area contributed by atoms with Crippen LogP contribution in [0.3, 0.4) is 0 Å². The van der Waals surface area contributed by atoms with Crippen LogP contribution in [-0.4, -0.2) is 29.6 Å². The van der Waals surface area contributed by atoms with Gasteiger partial charge in [-0.25, -0.2) is 4.79 Å². The van der Waals surface area contributed by atoms with Gasteiger partial charge in [-0.15, -0.1) is 0 Å². The number of aryl methyl sites for hydroxylation is 1. The van der Waals surface area contributed by atoms with Gasteiger partial charge in [0, 0.05) is 24.2 Å². The van der Waals surface area contributed by atoms with Crippen molar-refractivity contribution in [2.24, 2.45) is 0 Å². The number of carbonyl (C=O) groups excluding carboxylic acids is 1. The third-order valence-corrected chi connectivity index (χ3v) is 6.11. The molecule has 3 nitrogen and oxygen atoms in total. The van der Waals surface area contributed by atoms with E-state index in [1.807, 2.05) is 0 Å². The highest BCUT2D eigenvalue weighted by atomic mass is 16.5. The van der Waals surface area contributed by atoms with E-state index in [9.17, 15) is 4.79 Å². The second-order valence-electron chi connectivity index (χ2n) is 10.3. The summed E-state index contributed by atoms with van der Waals surface area (Å²) in [7, 11) is 0. The van der Waals surface area contributed by atoms with E-state index < -0.39 is 0 Å². The van der Waals surface area contributed by atoms with Crippen molar-refractivity contribution in [1.82, 2.24) is 4.90 Å². The SMILES string of the molecule is C=C(C)C(=O)OCCN(Cc1ccc(CCCCCCCCCCCC)cc1)C(C)(C)C. The molecule has 0 unspecified atom stereocenters. The van der Waals surface area contributed by atoms with Gasteiger partial charge in [0.05, 0.1) is 0 Å². The van der Waals surface area contributed by atoms with E-state index in [1.54, 1.807) is 6.92 Å². The Hall–Kier alpha value is -1.61. The highest BCUT2D eigenvalue weighted by Crippen LogP contribution is 2.18. The summed E-state index contributed by atoms with van der Waals surface area (Å²) in [6.07, 6.45) is 15.0. The van der Waals surface area contributed by atoms with E-state index in [0.717, 1.165) is 6.54 Å². The maximum atomic E-state index is 11.6. The molecule has 0 aromatic heterocycles. The number of unbranched alkanes of at least 4 members (excludes halogenated alkanes) is 9. The summed E-state index contributed by atoms with van der Waals surface area (Å²) in [6, 6.07) is 9.07. The predicted molar refractivity (Wildman–Crippen MR) is 138 cm³/mol. The number of ether oxygens (including phenoxy) is 1. The molecule has 0 aliphatic carbocycles. The summed E-state index contributed by atoms with van der Waals surface area (Å²) >= 11 is 0. The van der Waals surface area contributed by atoms with E-state index in [2.05, 4.69) is 63.4 Å². The summed E-state index contributed by atoms with van der Waals surface area (Å²) in [5.41, 5.74) is 3.19. The fourth-order valence-electron chi connectivity index (χ4n) is 3.87. The molecule has 0 fully saturated rings. The zero-order valence-corrected chi connectivity index (χ0v) is 21.7. The van der Waals surface area contributed by atoms with E-state index in [-0.39, 0.29) is 11.5 Å². The Morgan fingerprint density at radius 1 is 0.875 bits per heavy atom. The van der Waals surface area contributed by atoms with E-state index in [1.165, 1.54) is 81.8 Å². The van der Waals surface area contributed by atoms with Crippen LogP contribution in [0, 0.1) is 0 Å². The van der Waals surface area contributed by atoms with Crippen LogP contribution in [0.15, 0.2) is 36.4 Å². The molecule has 0 aliphatic rings. The molecule has 1 aromatic rings. The van der Waals surface area contributed by atoms with Crippen molar-refractivity contribution in [3.05, 3.63) is 47.5 Å². The standard InChI is InChI=1S/C29H49NO2/c1-7-8-9-10-11-12-13-14-15-16-17-26-18-20-27(21-19-26)24-30(29(4,5)6)22-23-32-28(31)25(2)3/h18-21H,2,7-17,22-24H2,1,3-6H3. The minimum Gasteiger partial charge on any atom is -0.461 e. The maximum absolute atomic E-state index is 11.6. The summed E-state index contributed by atoms with van der Waals surface area (Å²) in [6.45, 7) is 16.2. The molecule has 0 atom stereocenters. The van der Waals surface area contributed by atoms with Crippen LogP contribution in [0.4, 0.5) is 0 Å². The highest BCUT2D eigenvalue weighted by molar-refractivity contribution is 5.86. The van der Waals surface area contributed by atoms with Gasteiger partial charge in [0.25, 0.3) is 0 Å². The molecule has 1 aromatic carbocycles. The van der Waals surface area contributed by atoms with Gasteiger partial charge in [-0.05, 0) is 51.7 Å². The molecule has 0 saturated heterocycles.